The molecule has 14 heavy (non-hydrogen) atoms. The van der Waals surface area contributed by atoms with Crippen LogP contribution in [0.3, 0.4) is 0 Å². The largest absolute Gasteiger partial charge is 0.359 e. The van der Waals surface area contributed by atoms with Crippen LogP contribution in [0.1, 0.15) is 11.1 Å². The molecule has 0 spiro atoms. The van der Waals surface area contributed by atoms with Gasteiger partial charge in [0.1, 0.15) is 0 Å². The van der Waals surface area contributed by atoms with E-state index in [0.717, 1.165) is 5.56 Å². The van der Waals surface area contributed by atoms with Gasteiger partial charge < -0.3 is 5.73 Å². The van der Waals surface area contributed by atoms with Crippen LogP contribution in [-0.2, 0) is 11.2 Å². The Morgan fingerprint density at radius 1 is 1.43 bits per heavy atom. The zero-order chi connectivity index (χ0) is 10.4. The summed E-state index contributed by atoms with van der Waals surface area (Å²) in [7, 11) is 0. The first kappa shape index (κ1) is 9.83. The predicted molar refractivity (Wildman–Crippen MR) is 51.8 cm³/mol. The molecular formula is C11H8N2O. The predicted octanol–water partition coefficient (Wildman–Crippen LogP) is 0.589. The highest BCUT2D eigenvalue weighted by Gasteiger charge is 1.97. The minimum atomic E-state index is -0.670. The second-order valence-electron chi connectivity index (χ2n) is 2.61. The number of nitrogens with zero attached hydrogens (tertiary/aromatic N) is 1. The van der Waals surface area contributed by atoms with Crippen molar-refractivity contribution in [3.63, 3.8) is 0 Å². The topological polar surface area (TPSA) is 66.9 Å². The molecule has 0 bridgehead atoms. The molecule has 0 aliphatic rings. The number of nitrogens with two attached hydrogens (primary N) is 1. The van der Waals surface area contributed by atoms with Gasteiger partial charge in [-0.15, -0.1) is 0 Å². The van der Waals surface area contributed by atoms with Crippen molar-refractivity contribution in [3.8, 4) is 17.9 Å². The Kier molecular flexibility index (Phi) is 3.29. The number of hydrogen-bond donors (Lipinski definition) is 1. The minimum Gasteiger partial charge on any atom is -0.359 e. The molecule has 68 valence electrons. The highest BCUT2D eigenvalue weighted by molar-refractivity contribution is 5.92. The number of rotatable bonds is 1. The molecule has 2 N–H and O–H groups in total. The van der Waals surface area contributed by atoms with E-state index in [4.69, 9.17) is 11.0 Å². The van der Waals surface area contributed by atoms with Crippen molar-refractivity contribution < 1.29 is 4.79 Å². The van der Waals surface area contributed by atoms with Crippen molar-refractivity contribution >= 4 is 5.91 Å². The number of amides is 1. The molecule has 0 aliphatic carbocycles. The molecule has 1 aromatic carbocycles. The number of carbonyl (C=O) groups excluding carboxylic acids is 1. The van der Waals surface area contributed by atoms with E-state index >= 15 is 0 Å². The molecule has 0 heterocycles. The number of primary amides is 1. The SMILES string of the molecule is N#CCc1ccccc1C#CC(N)=O. The second-order valence-corrected chi connectivity index (χ2v) is 2.61. The van der Waals surface area contributed by atoms with Crippen LogP contribution in [0.2, 0.25) is 0 Å². The lowest BCUT2D eigenvalue weighted by Gasteiger charge is -1.97. The Balaban J connectivity index is 3.04. The van der Waals surface area contributed by atoms with Crippen molar-refractivity contribution in [1.29, 1.82) is 5.26 Å². The zero-order valence-corrected chi connectivity index (χ0v) is 7.45. The molecule has 0 radical (unpaired) electrons. The van der Waals surface area contributed by atoms with Crippen LogP contribution in [0.25, 0.3) is 0 Å². The Bertz CT molecular complexity index is 446. The maximum atomic E-state index is 10.4. The number of hydrogen-bond acceptors (Lipinski definition) is 2. The Labute approximate surface area is 82.1 Å². The molecule has 0 aliphatic heterocycles. The Hall–Kier alpha value is -2.26. The molecule has 1 rings (SSSR count). The lowest BCUT2D eigenvalue weighted by Crippen LogP contribution is -2.06. The van der Waals surface area contributed by atoms with Crippen molar-refractivity contribution in [3.05, 3.63) is 35.4 Å². The highest BCUT2D eigenvalue weighted by Crippen LogP contribution is 2.07. The van der Waals surface area contributed by atoms with Gasteiger partial charge in [-0.25, -0.2) is 0 Å². The fourth-order valence-electron chi connectivity index (χ4n) is 1.01. The summed E-state index contributed by atoms with van der Waals surface area (Å²) in [6, 6.07) is 9.20. The average molecular weight is 184 g/mol. The van der Waals surface area contributed by atoms with Crippen LogP contribution in [0.4, 0.5) is 0 Å². The van der Waals surface area contributed by atoms with Gasteiger partial charge in [-0.05, 0) is 17.6 Å². The summed E-state index contributed by atoms with van der Waals surface area (Å²) < 4.78 is 0. The third-order valence-electron chi connectivity index (χ3n) is 1.61. The summed E-state index contributed by atoms with van der Waals surface area (Å²) >= 11 is 0. The van der Waals surface area contributed by atoms with E-state index in [1.54, 1.807) is 18.2 Å². The summed E-state index contributed by atoms with van der Waals surface area (Å²) in [6.45, 7) is 0. The molecular weight excluding hydrogens is 176 g/mol. The lowest BCUT2D eigenvalue weighted by atomic mass is 10.1. The van der Waals surface area contributed by atoms with Gasteiger partial charge >= 0.3 is 0 Å². The maximum Gasteiger partial charge on any atom is 0.293 e. The fraction of sp³-hybridized carbons (Fsp3) is 0.0909. The van der Waals surface area contributed by atoms with Crippen LogP contribution in [0, 0.1) is 23.2 Å². The normalized spacial score (nSPS) is 8.21. The van der Waals surface area contributed by atoms with E-state index in [-0.39, 0.29) is 6.42 Å². The molecule has 0 atom stereocenters. The first-order chi connectivity index (χ1) is 6.74. The van der Waals surface area contributed by atoms with E-state index < -0.39 is 5.91 Å². The monoisotopic (exact) mass is 184 g/mol. The third kappa shape index (κ3) is 2.66. The summed E-state index contributed by atoms with van der Waals surface area (Å²) in [5, 5.41) is 8.53. The van der Waals surface area contributed by atoms with Gasteiger partial charge in [0.15, 0.2) is 0 Å². The molecule has 0 fully saturated rings. The zero-order valence-electron chi connectivity index (χ0n) is 7.45. The number of nitriles is 1. The number of carbonyl (C=O) groups is 1. The Morgan fingerprint density at radius 2 is 2.14 bits per heavy atom. The van der Waals surface area contributed by atoms with Gasteiger partial charge in [-0.3, -0.25) is 4.79 Å². The van der Waals surface area contributed by atoms with Gasteiger partial charge in [0.05, 0.1) is 12.5 Å². The highest BCUT2D eigenvalue weighted by atomic mass is 16.1. The molecule has 3 heteroatoms. The summed E-state index contributed by atoms with van der Waals surface area (Å²) in [5.41, 5.74) is 6.37. The molecule has 0 saturated carbocycles. The molecule has 0 saturated heterocycles. The van der Waals surface area contributed by atoms with Crippen LogP contribution >= 0.6 is 0 Å². The third-order valence-corrected chi connectivity index (χ3v) is 1.61. The van der Waals surface area contributed by atoms with Gasteiger partial charge in [0.2, 0.25) is 0 Å². The molecule has 3 nitrogen and oxygen atoms in total. The van der Waals surface area contributed by atoms with Gasteiger partial charge in [0.25, 0.3) is 5.91 Å². The smallest absolute Gasteiger partial charge is 0.293 e. The molecule has 1 amide bonds. The summed E-state index contributed by atoms with van der Waals surface area (Å²) in [4.78, 5) is 10.4. The van der Waals surface area contributed by atoms with Crippen molar-refractivity contribution in [2.75, 3.05) is 0 Å². The van der Waals surface area contributed by atoms with Crippen LogP contribution in [0.15, 0.2) is 24.3 Å². The first-order valence-corrected chi connectivity index (χ1v) is 4.00. The standard InChI is InChI=1S/C11H8N2O/c12-8-7-10-4-2-1-3-9(10)5-6-11(13)14/h1-4H,7H2,(H2,13,14). The van der Waals surface area contributed by atoms with Gasteiger partial charge in [-0.1, -0.05) is 24.1 Å². The van der Waals surface area contributed by atoms with E-state index in [9.17, 15) is 4.79 Å². The van der Waals surface area contributed by atoms with Crippen molar-refractivity contribution in [2.45, 2.75) is 6.42 Å². The quantitative estimate of drug-likeness (QED) is 0.649. The van der Waals surface area contributed by atoms with E-state index in [2.05, 4.69) is 11.8 Å². The van der Waals surface area contributed by atoms with E-state index in [1.807, 2.05) is 12.1 Å². The molecule has 0 unspecified atom stereocenters. The van der Waals surface area contributed by atoms with Crippen LogP contribution in [-0.4, -0.2) is 5.91 Å². The summed E-state index contributed by atoms with van der Waals surface area (Å²) in [6.07, 6.45) is 0.281. The van der Waals surface area contributed by atoms with Crippen LogP contribution in [0.5, 0.6) is 0 Å². The lowest BCUT2D eigenvalue weighted by molar-refractivity contribution is -0.112. The van der Waals surface area contributed by atoms with Gasteiger partial charge in [0, 0.05) is 5.56 Å². The first-order valence-electron chi connectivity index (χ1n) is 4.00. The van der Waals surface area contributed by atoms with E-state index in [1.165, 1.54) is 0 Å². The molecule has 0 aromatic heterocycles. The average Bonchev–Trinajstić information content (AvgIpc) is 2.17. The fourth-order valence-corrected chi connectivity index (χ4v) is 1.01. The minimum absolute atomic E-state index is 0.281. The maximum absolute atomic E-state index is 10.4. The van der Waals surface area contributed by atoms with Gasteiger partial charge in [-0.2, -0.15) is 5.26 Å². The second kappa shape index (κ2) is 4.69. The van der Waals surface area contributed by atoms with Crippen LogP contribution < -0.4 is 5.73 Å². The number of benzene rings is 1. The Morgan fingerprint density at radius 3 is 2.79 bits per heavy atom. The van der Waals surface area contributed by atoms with E-state index in [0.29, 0.717) is 5.56 Å². The van der Waals surface area contributed by atoms with Crippen molar-refractivity contribution in [1.82, 2.24) is 0 Å². The van der Waals surface area contributed by atoms with Crippen molar-refractivity contribution in [2.24, 2.45) is 5.73 Å². The summed E-state index contributed by atoms with van der Waals surface area (Å²) in [5.74, 6) is 4.19. The molecule has 1 aromatic rings.